The molecule has 1 N–H and O–H groups in total. The molecule has 2 amide bonds. The van der Waals surface area contributed by atoms with Crippen molar-refractivity contribution in [3.05, 3.63) is 35.9 Å². The van der Waals surface area contributed by atoms with Gasteiger partial charge >= 0.3 is 6.09 Å². The molecule has 1 aromatic carbocycles. The van der Waals surface area contributed by atoms with Crippen LogP contribution in [0.15, 0.2) is 35.3 Å². The summed E-state index contributed by atoms with van der Waals surface area (Å²) in [6.07, 6.45) is 3.40. The first-order chi connectivity index (χ1) is 11.5. The van der Waals surface area contributed by atoms with E-state index in [0.29, 0.717) is 32.2 Å². The molecule has 1 aromatic rings. The lowest BCUT2D eigenvalue weighted by Gasteiger charge is -2.34. The molecule has 0 aromatic heterocycles. The molecular weight excluding hydrogens is 306 g/mol. The van der Waals surface area contributed by atoms with Crippen molar-refractivity contribution in [2.75, 3.05) is 14.1 Å². The van der Waals surface area contributed by atoms with Crippen molar-refractivity contribution in [2.24, 2.45) is 10.9 Å². The molecule has 0 spiro atoms. The Morgan fingerprint density at radius 1 is 1.17 bits per heavy atom. The number of benzene rings is 1. The maximum atomic E-state index is 12.0. The molecule has 0 heterocycles. The highest BCUT2D eigenvalue weighted by Gasteiger charge is 2.31. The zero-order valence-corrected chi connectivity index (χ0v) is 14.3. The number of hydrogen-bond donors (Lipinski definition) is 1. The minimum Gasteiger partial charge on any atom is -0.465 e. The molecule has 6 heteroatoms. The Morgan fingerprint density at radius 3 is 2.33 bits per heavy atom. The Labute approximate surface area is 142 Å². The summed E-state index contributed by atoms with van der Waals surface area (Å²) in [7, 11) is 3.64. The van der Waals surface area contributed by atoms with E-state index < -0.39 is 6.09 Å². The minimum atomic E-state index is -0.903. The number of hydrogen-bond acceptors (Lipinski definition) is 2. The van der Waals surface area contributed by atoms with Gasteiger partial charge in [0.15, 0.2) is 0 Å². The van der Waals surface area contributed by atoms with Crippen molar-refractivity contribution < 1.29 is 14.7 Å². The van der Waals surface area contributed by atoms with Crippen molar-refractivity contribution in [3.63, 3.8) is 0 Å². The molecule has 0 atom stereocenters. The SMILES string of the molecule is CN(C)/C=N/C(=O)C1CCC(N(Cc2ccccc2)C(=O)O)CC1. The lowest BCUT2D eigenvalue weighted by molar-refractivity contribution is -0.122. The summed E-state index contributed by atoms with van der Waals surface area (Å²) in [6, 6.07) is 9.56. The summed E-state index contributed by atoms with van der Waals surface area (Å²) in [6.45, 7) is 0.387. The zero-order valence-electron chi connectivity index (χ0n) is 14.3. The highest BCUT2D eigenvalue weighted by Crippen LogP contribution is 2.29. The third kappa shape index (κ3) is 5.08. The average Bonchev–Trinajstić information content (AvgIpc) is 2.58. The van der Waals surface area contributed by atoms with Crippen LogP contribution in [0.3, 0.4) is 0 Å². The summed E-state index contributed by atoms with van der Waals surface area (Å²) in [4.78, 5) is 30.9. The van der Waals surface area contributed by atoms with E-state index in [1.807, 2.05) is 44.4 Å². The van der Waals surface area contributed by atoms with Gasteiger partial charge in [0, 0.05) is 32.6 Å². The van der Waals surface area contributed by atoms with Gasteiger partial charge in [0.1, 0.15) is 0 Å². The first-order valence-electron chi connectivity index (χ1n) is 8.25. The molecule has 0 aliphatic heterocycles. The van der Waals surface area contributed by atoms with Gasteiger partial charge in [0.2, 0.25) is 5.91 Å². The lowest BCUT2D eigenvalue weighted by atomic mass is 9.85. The Bertz CT molecular complexity index is 578. The molecule has 1 fully saturated rings. The van der Waals surface area contributed by atoms with Gasteiger partial charge in [0.25, 0.3) is 0 Å². The fourth-order valence-electron chi connectivity index (χ4n) is 3.05. The van der Waals surface area contributed by atoms with Gasteiger partial charge in [-0.15, -0.1) is 0 Å². The highest BCUT2D eigenvalue weighted by molar-refractivity contribution is 5.86. The van der Waals surface area contributed by atoms with Crippen molar-refractivity contribution in [1.82, 2.24) is 9.80 Å². The van der Waals surface area contributed by atoms with E-state index in [-0.39, 0.29) is 17.9 Å². The summed E-state index contributed by atoms with van der Waals surface area (Å²) in [5.41, 5.74) is 0.980. The second kappa shape index (κ2) is 8.47. The van der Waals surface area contributed by atoms with Gasteiger partial charge in [0.05, 0.1) is 6.34 Å². The molecule has 0 unspecified atom stereocenters. The second-order valence-corrected chi connectivity index (χ2v) is 6.45. The topological polar surface area (TPSA) is 73.2 Å². The number of aliphatic imine (C=N–C) groups is 1. The summed E-state index contributed by atoms with van der Waals surface area (Å²) >= 11 is 0. The van der Waals surface area contributed by atoms with E-state index in [2.05, 4.69) is 4.99 Å². The molecule has 24 heavy (non-hydrogen) atoms. The largest absolute Gasteiger partial charge is 0.465 e. The Kier molecular flexibility index (Phi) is 6.35. The Balaban J connectivity index is 1.93. The third-order valence-corrected chi connectivity index (χ3v) is 4.34. The molecule has 1 aliphatic carbocycles. The standard InChI is InChI=1S/C18H25N3O3/c1-20(2)13-19-17(22)15-8-10-16(11-9-15)21(18(23)24)12-14-6-4-3-5-7-14/h3-7,13,15-16H,8-12H2,1-2H3,(H,23,24)/b19-13+. The summed E-state index contributed by atoms with van der Waals surface area (Å²) in [5.74, 6) is -0.197. The predicted molar refractivity (Wildman–Crippen MR) is 92.9 cm³/mol. The van der Waals surface area contributed by atoms with Crippen LogP contribution in [0.25, 0.3) is 0 Å². The fourth-order valence-corrected chi connectivity index (χ4v) is 3.05. The molecule has 0 saturated heterocycles. The molecular formula is C18H25N3O3. The minimum absolute atomic E-state index is 0.0374. The van der Waals surface area contributed by atoms with Gasteiger partial charge in [-0.2, -0.15) is 0 Å². The molecule has 1 saturated carbocycles. The predicted octanol–water partition coefficient (Wildman–Crippen LogP) is 2.84. The monoisotopic (exact) mass is 331 g/mol. The van der Waals surface area contributed by atoms with Crippen LogP contribution in [0.2, 0.25) is 0 Å². The van der Waals surface area contributed by atoms with Gasteiger partial charge in [-0.05, 0) is 31.2 Å². The quantitative estimate of drug-likeness (QED) is 0.665. The fraction of sp³-hybridized carbons (Fsp3) is 0.500. The molecule has 2 rings (SSSR count). The van der Waals surface area contributed by atoms with Crippen LogP contribution >= 0.6 is 0 Å². The zero-order chi connectivity index (χ0) is 17.5. The van der Waals surface area contributed by atoms with Gasteiger partial charge in [-0.3, -0.25) is 4.79 Å². The van der Waals surface area contributed by atoms with E-state index in [1.54, 1.807) is 4.90 Å². The van der Waals surface area contributed by atoms with Gasteiger partial charge in [-0.1, -0.05) is 30.3 Å². The van der Waals surface area contributed by atoms with Gasteiger partial charge < -0.3 is 14.9 Å². The van der Waals surface area contributed by atoms with Crippen molar-refractivity contribution in [1.29, 1.82) is 0 Å². The first kappa shape index (κ1) is 18.0. The van der Waals surface area contributed by atoms with Crippen molar-refractivity contribution in [3.8, 4) is 0 Å². The van der Waals surface area contributed by atoms with Crippen LogP contribution < -0.4 is 0 Å². The smallest absolute Gasteiger partial charge is 0.407 e. The number of nitrogens with zero attached hydrogens (tertiary/aromatic N) is 3. The molecule has 0 radical (unpaired) electrons. The number of amides is 2. The summed E-state index contributed by atoms with van der Waals surface area (Å²) < 4.78 is 0. The summed E-state index contributed by atoms with van der Waals surface area (Å²) in [5, 5.41) is 9.54. The third-order valence-electron chi connectivity index (χ3n) is 4.34. The Hall–Kier alpha value is -2.37. The van der Waals surface area contributed by atoms with Crippen molar-refractivity contribution >= 4 is 18.3 Å². The van der Waals surface area contributed by atoms with E-state index in [1.165, 1.54) is 11.2 Å². The lowest BCUT2D eigenvalue weighted by Crippen LogP contribution is -2.41. The van der Waals surface area contributed by atoms with E-state index in [4.69, 9.17) is 0 Å². The molecule has 130 valence electrons. The van der Waals surface area contributed by atoms with Crippen LogP contribution in [0.4, 0.5) is 4.79 Å². The first-order valence-corrected chi connectivity index (χ1v) is 8.25. The van der Waals surface area contributed by atoms with Crippen molar-refractivity contribution in [2.45, 2.75) is 38.3 Å². The van der Waals surface area contributed by atoms with Crippen LogP contribution in [0, 0.1) is 5.92 Å². The van der Waals surface area contributed by atoms with E-state index in [0.717, 1.165) is 5.56 Å². The van der Waals surface area contributed by atoms with E-state index >= 15 is 0 Å². The van der Waals surface area contributed by atoms with Crippen LogP contribution in [0.5, 0.6) is 0 Å². The normalized spacial score (nSPS) is 20.8. The van der Waals surface area contributed by atoms with E-state index in [9.17, 15) is 14.7 Å². The maximum Gasteiger partial charge on any atom is 0.407 e. The molecule has 0 bridgehead atoms. The maximum absolute atomic E-state index is 12.0. The number of carbonyl (C=O) groups is 2. The number of rotatable bonds is 5. The second-order valence-electron chi connectivity index (χ2n) is 6.45. The number of carboxylic acid groups (broad SMARTS) is 1. The molecule has 6 nitrogen and oxygen atoms in total. The Morgan fingerprint density at radius 2 is 1.79 bits per heavy atom. The van der Waals surface area contributed by atoms with Crippen LogP contribution in [-0.4, -0.2) is 53.4 Å². The highest BCUT2D eigenvalue weighted by atomic mass is 16.4. The molecule has 1 aliphatic rings. The van der Waals surface area contributed by atoms with Crippen LogP contribution in [0.1, 0.15) is 31.2 Å². The average molecular weight is 331 g/mol. The van der Waals surface area contributed by atoms with Crippen LogP contribution in [-0.2, 0) is 11.3 Å². The van der Waals surface area contributed by atoms with Gasteiger partial charge in [-0.25, -0.2) is 9.79 Å². The number of carbonyl (C=O) groups excluding carboxylic acids is 1.